The minimum atomic E-state index is -1.66. The molecule has 5 rings (SSSR count). The van der Waals surface area contributed by atoms with Crippen LogP contribution in [-0.2, 0) is 18.8 Å². The Morgan fingerprint density at radius 2 is 1.90 bits per heavy atom. The number of rotatable bonds is 3. The maximum Gasteiger partial charge on any atom is 0.302 e. The molecule has 0 N–H and O–H groups in total. The van der Waals surface area contributed by atoms with Crippen LogP contribution in [0.1, 0.15) is 65.2 Å². The fraction of sp³-hybridized carbons (Fsp3) is 0.833. The topological polar surface area (TPSA) is 52.6 Å². The Balaban J connectivity index is 1.49. The molecule has 0 radical (unpaired) electrons. The fourth-order valence-corrected chi connectivity index (χ4v) is 9.37. The molecular weight excluding hydrogens is 380 g/mol. The van der Waals surface area contributed by atoms with E-state index in [0.29, 0.717) is 23.5 Å². The summed E-state index contributed by atoms with van der Waals surface area (Å²) in [5.74, 6) is 3.21. The van der Waals surface area contributed by atoms with E-state index >= 15 is 0 Å². The lowest BCUT2D eigenvalue weighted by Gasteiger charge is -2.53. The number of esters is 1. The van der Waals surface area contributed by atoms with Gasteiger partial charge in [0.2, 0.25) is 8.32 Å². The molecule has 29 heavy (non-hydrogen) atoms. The average molecular weight is 417 g/mol. The van der Waals surface area contributed by atoms with Crippen LogP contribution in [0.15, 0.2) is 11.8 Å². The van der Waals surface area contributed by atoms with E-state index in [1.54, 1.807) is 6.92 Å². The van der Waals surface area contributed by atoms with E-state index in [4.69, 9.17) is 9.16 Å². The van der Waals surface area contributed by atoms with Gasteiger partial charge in [0.05, 0.1) is 5.76 Å². The van der Waals surface area contributed by atoms with Gasteiger partial charge in [-0.1, -0.05) is 6.92 Å². The summed E-state index contributed by atoms with van der Waals surface area (Å²) in [7, 11) is -1.66. The maximum atomic E-state index is 12.7. The molecule has 7 atom stereocenters. The number of carbonyl (C=O) groups is 2. The zero-order valence-corrected chi connectivity index (χ0v) is 19.7. The van der Waals surface area contributed by atoms with Crippen molar-refractivity contribution in [3.8, 4) is 0 Å². The second kappa shape index (κ2) is 5.99. The van der Waals surface area contributed by atoms with Gasteiger partial charge in [0.25, 0.3) is 0 Å². The van der Waals surface area contributed by atoms with Crippen molar-refractivity contribution in [1.82, 2.24) is 0 Å². The van der Waals surface area contributed by atoms with Gasteiger partial charge in [0, 0.05) is 36.0 Å². The molecular formula is C24H36O4Si. The lowest BCUT2D eigenvalue weighted by atomic mass is 9.51. The predicted octanol–water partition coefficient (Wildman–Crippen LogP) is 5.24. The molecule has 4 saturated carbocycles. The Labute approximate surface area is 175 Å². The largest absolute Gasteiger partial charge is 0.548 e. The number of hydrogen-bond donors (Lipinski definition) is 0. The monoisotopic (exact) mass is 416 g/mol. The first-order valence-electron chi connectivity index (χ1n) is 11.6. The van der Waals surface area contributed by atoms with E-state index in [9.17, 15) is 9.59 Å². The van der Waals surface area contributed by atoms with Crippen LogP contribution in [0.3, 0.4) is 0 Å². The highest BCUT2D eigenvalue weighted by Crippen LogP contribution is 2.83. The van der Waals surface area contributed by atoms with E-state index in [1.807, 2.05) is 0 Å². The van der Waals surface area contributed by atoms with Crippen LogP contribution in [0, 0.1) is 34.0 Å². The van der Waals surface area contributed by atoms with Crippen LogP contribution in [0.2, 0.25) is 19.6 Å². The predicted molar refractivity (Wildman–Crippen MR) is 113 cm³/mol. The summed E-state index contributed by atoms with van der Waals surface area (Å²) >= 11 is 0. The van der Waals surface area contributed by atoms with E-state index < -0.39 is 8.32 Å². The van der Waals surface area contributed by atoms with Crippen LogP contribution in [0.5, 0.6) is 0 Å². The third kappa shape index (κ3) is 2.55. The molecule has 5 heteroatoms. The van der Waals surface area contributed by atoms with Crippen molar-refractivity contribution in [2.45, 2.75) is 91.0 Å². The van der Waals surface area contributed by atoms with E-state index in [2.05, 4.69) is 32.6 Å². The van der Waals surface area contributed by atoms with E-state index in [-0.39, 0.29) is 28.3 Å². The van der Waals surface area contributed by atoms with Crippen molar-refractivity contribution in [3.63, 3.8) is 0 Å². The van der Waals surface area contributed by atoms with Gasteiger partial charge in [-0.25, -0.2) is 0 Å². The molecule has 4 nitrogen and oxygen atoms in total. The van der Waals surface area contributed by atoms with Gasteiger partial charge in [-0.2, -0.15) is 0 Å². The molecule has 4 fully saturated rings. The van der Waals surface area contributed by atoms with Crippen molar-refractivity contribution in [2.24, 2.45) is 34.0 Å². The van der Waals surface area contributed by atoms with Crippen molar-refractivity contribution in [2.75, 3.05) is 0 Å². The molecule has 0 aromatic carbocycles. The highest BCUT2D eigenvalue weighted by Gasteiger charge is 2.84. The zero-order chi connectivity index (χ0) is 20.8. The number of Topliss-reactive ketones (excluding diaryl/α,β-unsaturated/α-hetero) is 1. The van der Waals surface area contributed by atoms with E-state index in [0.717, 1.165) is 50.7 Å². The van der Waals surface area contributed by atoms with Crippen LogP contribution >= 0.6 is 0 Å². The Bertz CT molecular complexity index is 797. The number of ketones is 1. The molecule has 0 unspecified atom stereocenters. The summed E-state index contributed by atoms with van der Waals surface area (Å²) in [5, 5.41) is 0. The molecule has 0 saturated heterocycles. The molecule has 5 aliphatic rings. The second-order valence-corrected chi connectivity index (χ2v) is 16.2. The summed E-state index contributed by atoms with van der Waals surface area (Å²) in [5.41, 5.74) is 0.0566. The van der Waals surface area contributed by atoms with Crippen molar-refractivity contribution in [1.29, 1.82) is 0 Å². The lowest BCUT2D eigenvalue weighted by molar-refractivity contribution is -0.144. The van der Waals surface area contributed by atoms with Gasteiger partial charge in [0.15, 0.2) is 0 Å². The highest BCUT2D eigenvalue weighted by molar-refractivity contribution is 6.70. The minimum absolute atomic E-state index is 0.0305. The van der Waals surface area contributed by atoms with Crippen LogP contribution in [0.4, 0.5) is 0 Å². The highest BCUT2D eigenvalue weighted by atomic mass is 28.4. The van der Waals surface area contributed by atoms with Gasteiger partial charge < -0.3 is 9.16 Å². The Hall–Kier alpha value is -1.10. The lowest BCUT2D eigenvalue weighted by Crippen LogP contribution is -2.48. The number of ether oxygens (including phenoxy) is 1. The molecule has 0 bridgehead atoms. The molecule has 0 aromatic heterocycles. The Morgan fingerprint density at radius 3 is 2.59 bits per heavy atom. The smallest absolute Gasteiger partial charge is 0.302 e. The molecule has 0 amide bonds. The molecule has 0 spiro atoms. The van der Waals surface area contributed by atoms with Crippen LogP contribution in [0.25, 0.3) is 0 Å². The first-order chi connectivity index (χ1) is 13.5. The zero-order valence-electron chi connectivity index (χ0n) is 18.7. The summed E-state index contributed by atoms with van der Waals surface area (Å²) in [4.78, 5) is 24.7. The number of allylic oxidation sites excluding steroid dienone is 2. The normalized spacial score (nSPS) is 47.9. The third-order valence-corrected chi connectivity index (χ3v) is 10.3. The van der Waals surface area contributed by atoms with Crippen molar-refractivity contribution in [3.05, 3.63) is 11.8 Å². The third-order valence-electron chi connectivity index (χ3n) is 9.42. The molecule has 0 heterocycles. The summed E-state index contributed by atoms with van der Waals surface area (Å²) in [6, 6.07) is 0. The average Bonchev–Trinajstić information content (AvgIpc) is 3.06. The summed E-state index contributed by atoms with van der Waals surface area (Å²) in [6.45, 7) is 10.5. The molecule has 5 aliphatic carbocycles. The summed E-state index contributed by atoms with van der Waals surface area (Å²) in [6.07, 6.45) is 10.5. The van der Waals surface area contributed by atoms with Gasteiger partial charge in [-0.15, -0.1) is 0 Å². The van der Waals surface area contributed by atoms with Crippen LogP contribution < -0.4 is 0 Å². The standard InChI is InChI=1S/C24H36O4Si/c1-15(25)27-21-23-12-9-17-18-6-7-20(26)22(18,2)11-10-19(17)24(21,23)13-8-16(14-23)28-29(3,4)5/h8,17-19,21H,6-7,9-14H2,1-5H3/t17-,18-,19-,21+,22-,23-,24-/m0/s1. The number of hydrogen-bond acceptors (Lipinski definition) is 4. The molecule has 0 aliphatic heterocycles. The van der Waals surface area contributed by atoms with Crippen molar-refractivity contribution >= 4 is 20.1 Å². The van der Waals surface area contributed by atoms with Gasteiger partial charge in [-0.3, -0.25) is 9.59 Å². The van der Waals surface area contributed by atoms with Gasteiger partial charge in [-0.05, 0) is 82.0 Å². The first kappa shape index (κ1) is 19.8. The van der Waals surface area contributed by atoms with Gasteiger partial charge in [0.1, 0.15) is 11.9 Å². The maximum absolute atomic E-state index is 12.7. The minimum Gasteiger partial charge on any atom is -0.548 e. The summed E-state index contributed by atoms with van der Waals surface area (Å²) < 4.78 is 12.5. The second-order valence-electron chi connectivity index (χ2n) is 11.8. The Morgan fingerprint density at radius 1 is 1.14 bits per heavy atom. The number of carbonyl (C=O) groups excluding carboxylic acids is 2. The number of fused-ring (bicyclic) bond motifs is 3. The van der Waals surface area contributed by atoms with Gasteiger partial charge >= 0.3 is 5.97 Å². The quantitative estimate of drug-likeness (QED) is 0.466. The van der Waals surface area contributed by atoms with Crippen molar-refractivity contribution < 1.29 is 18.8 Å². The molecule has 160 valence electrons. The van der Waals surface area contributed by atoms with Crippen LogP contribution in [-0.4, -0.2) is 26.2 Å². The first-order valence-corrected chi connectivity index (χ1v) is 15.0. The van der Waals surface area contributed by atoms with E-state index in [1.165, 1.54) is 6.42 Å². The SMILES string of the molecule is CC(=O)O[C@@H]1[C@@]23CC[C@@H]4[C@H](CC[C@]5(C)C(=O)CC[C@@H]45)[C@@]12CC=C(O[Si](C)(C)C)C3. The fourth-order valence-electron chi connectivity index (χ4n) is 8.43. The Kier molecular flexibility index (Phi) is 4.09. The molecule has 0 aromatic rings.